The molecule has 9 heteroatoms. The minimum atomic E-state index is -3.85. The molecule has 0 atom stereocenters. The van der Waals surface area contributed by atoms with Gasteiger partial charge in [0.1, 0.15) is 5.82 Å². The number of benzene rings is 1. The van der Waals surface area contributed by atoms with Gasteiger partial charge in [-0.05, 0) is 24.6 Å². The predicted octanol–water partition coefficient (Wildman–Crippen LogP) is 0.620. The van der Waals surface area contributed by atoms with Crippen molar-refractivity contribution in [3.8, 4) is 0 Å². The molecule has 3 N–H and O–H groups in total. The highest BCUT2D eigenvalue weighted by molar-refractivity contribution is 7.92. The zero-order valence-corrected chi connectivity index (χ0v) is 12.1. The van der Waals surface area contributed by atoms with Crippen LogP contribution in [0.15, 0.2) is 18.2 Å². The summed E-state index contributed by atoms with van der Waals surface area (Å²) in [6.45, 7) is 0. The Morgan fingerprint density at radius 1 is 1.38 bits per heavy atom. The van der Waals surface area contributed by atoms with Gasteiger partial charge in [-0.1, -0.05) is 0 Å². The van der Waals surface area contributed by atoms with Crippen molar-refractivity contribution in [1.82, 2.24) is 0 Å². The minimum Gasteiger partial charge on any atom is -0.469 e. The van der Waals surface area contributed by atoms with Gasteiger partial charge in [0.05, 0.1) is 18.6 Å². The largest absolute Gasteiger partial charge is 0.469 e. The maximum atomic E-state index is 13.5. The van der Waals surface area contributed by atoms with Gasteiger partial charge in [0.15, 0.2) is 0 Å². The third-order valence-electron chi connectivity index (χ3n) is 2.54. The van der Waals surface area contributed by atoms with E-state index in [4.69, 9.17) is 5.73 Å². The van der Waals surface area contributed by atoms with E-state index in [1.54, 1.807) is 0 Å². The van der Waals surface area contributed by atoms with Crippen molar-refractivity contribution >= 4 is 27.6 Å². The van der Waals surface area contributed by atoms with Gasteiger partial charge in [-0.3, -0.25) is 14.3 Å². The van der Waals surface area contributed by atoms with E-state index in [1.165, 1.54) is 7.11 Å². The summed E-state index contributed by atoms with van der Waals surface area (Å²) in [7, 11) is -2.66. The molecule has 1 rings (SSSR count). The first kappa shape index (κ1) is 16.9. The lowest BCUT2D eigenvalue weighted by atomic mass is 10.2. The normalized spacial score (nSPS) is 11.0. The number of sulfonamides is 1. The molecule has 0 unspecified atom stereocenters. The number of hydrogen-bond acceptors (Lipinski definition) is 5. The van der Waals surface area contributed by atoms with Gasteiger partial charge in [-0.2, -0.15) is 0 Å². The fraction of sp³-hybridized carbons (Fsp3) is 0.333. The van der Waals surface area contributed by atoms with Crippen LogP contribution < -0.4 is 10.5 Å². The van der Waals surface area contributed by atoms with E-state index in [1.807, 2.05) is 4.72 Å². The average Bonchev–Trinajstić information content (AvgIpc) is 2.40. The molecule has 1 aromatic carbocycles. The Bertz CT molecular complexity index is 645. The summed E-state index contributed by atoms with van der Waals surface area (Å²) in [5.41, 5.74) is 4.64. The summed E-state index contributed by atoms with van der Waals surface area (Å²) >= 11 is 0. The molecular weight excluding hydrogens is 303 g/mol. The maximum Gasteiger partial charge on any atom is 0.305 e. The van der Waals surface area contributed by atoms with E-state index >= 15 is 0 Å². The average molecular weight is 318 g/mol. The number of methoxy groups -OCH3 is 1. The van der Waals surface area contributed by atoms with Crippen LogP contribution >= 0.6 is 0 Å². The number of hydrogen-bond donors (Lipinski definition) is 2. The predicted molar refractivity (Wildman–Crippen MR) is 73.6 cm³/mol. The first-order valence-electron chi connectivity index (χ1n) is 5.92. The number of carbonyl (C=O) groups excluding carboxylic acids is 2. The lowest BCUT2D eigenvalue weighted by Crippen LogP contribution is -2.19. The molecule has 0 radical (unpaired) electrons. The highest BCUT2D eigenvalue weighted by Gasteiger charge is 2.15. The molecule has 0 aliphatic carbocycles. The van der Waals surface area contributed by atoms with Crippen molar-refractivity contribution in [2.45, 2.75) is 12.8 Å². The van der Waals surface area contributed by atoms with Crippen LogP contribution in [-0.2, 0) is 19.6 Å². The molecule has 0 saturated heterocycles. The topological polar surface area (TPSA) is 116 Å². The van der Waals surface area contributed by atoms with Crippen LogP contribution in [0.3, 0.4) is 0 Å². The molecule has 21 heavy (non-hydrogen) atoms. The van der Waals surface area contributed by atoms with E-state index in [9.17, 15) is 22.4 Å². The Labute approximate surface area is 121 Å². The summed E-state index contributed by atoms with van der Waals surface area (Å²) < 4.78 is 43.4. The molecule has 0 heterocycles. The monoisotopic (exact) mass is 318 g/mol. The number of nitrogens with two attached hydrogens (primary N) is 1. The van der Waals surface area contributed by atoms with Crippen LogP contribution in [0.1, 0.15) is 23.2 Å². The van der Waals surface area contributed by atoms with Gasteiger partial charge in [0.25, 0.3) is 0 Å². The summed E-state index contributed by atoms with van der Waals surface area (Å²) in [4.78, 5) is 21.9. The molecule has 0 fully saturated rings. The molecule has 1 amide bonds. The molecule has 0 spiro atoms. The van der Waals surface area contributed by atoms with Crippen LogP contribution in [0.4, 0.5) is 10.1 Å². The smallest absolute Gasteiger partial charge is 0.305 e. The molecule has 7 nitrogen and oxygen atoms in total. The Hall–Kier alpha value is -2.16. The van der Waals surface area contributed by atoms with Gasteiger partial charge in [-0.25, -0.2) is 12.8 Å². The summed E-state index contributed by atoms with van der Waals surface area (Å²) in [6, 6.07) is 3.09. The van der Waals surface area contributed by atoms with Gasteiger partial charge >= 0.3 is 5.97 Å². The standard InChI is InChI=1S/C12H15FN2O5S/c1-20-11(16)3-2-6-21(18,19)15-10-7-8(12(14)17)4-5-9(10)13/h4-5,7,15H,2-3,6H2,1H3,(H2,14,17). The zero-order valence-electron chi connectivity index (χ0n) is 11.3. The maximum absolute atomic E-state index is 13.5. The molecule has 0 bridgehead atoms. The summed E-state index contributed by atoms with van der Waals surface area (Å²) in [5, 5.41) is 0. The lowest BCUT2D eigenvalue weighted by molar-refractivity contribution is -0.140. The Balaban J connectivity index is 2.77. The number of nitrogens with one attached hydrogen (secondary N) is 1. The molecule has 0 aliphatic rings. The van der Waals surface area contributed by atoms with Crippen LogP contribution in [0.5, 0.6) is 0 Å². The Morgan fingerprint density at radius 2 is 2.05 bits per heavy atom. The Morgan fingerprint density at radius 3 is 2.62 bits per heavy atom. The summed E-state index contributed by atoms with van der Waals surface area (Å²) in [5.74, 6) is -2.56. The van der Waals surface area contributed by atoms with Crippen LogP contribution in [-0.4, -0.2) is 33.2 Å². The number of halogens is 1. The molecule has 1 aromatic rings. The molecule has 0 saturated carbocycles. The number of ether oxygens (including phenoxy) is 1. The second-order valence-corrected chi connectivity index (χ2v) is 6.00. The van der Waals surface area contributed by atoms with Crippen LogP contribution in [0, 0.1) is 5.82 Å². The number of carbonyl (C=O) groups is 2. The number of rotatable bonds is 7. The van der Waals surface area contributed by atoms with Crippen molar-refractivity contribution in [3.05, 3.63) is 29.6 Å². The van der Waals surface area contributed by atoms with Crippen molar-refractivity contribution in [2.24, 2.45) is 5.73 Å². The van der Waals surface area contributed by atoms with E-state index in [0.29, 0.717) is 0 Å². The van der Waals surface area contributed by atoms with Crippen molar-refractivity contribution in [2.75, 3.05) is 17.6 Å². The third-order valence-corrected chi connectivity index (χ3v) is 3.90. The molecular formula is C12H15FN2O5S. The Kier molecular flexibility index (Phi) is 5.65. The van der Waals surface area contributed by atoms with E-state index < -0.39 is 27.7 Å². The van der Waals surface area contributed by atoms with E-state index in [0.717, 1.165) is 18.2 Å². The van der Waals surface area contributed by atoms with Crippen molar-refractivity contribution in [3.63, 3.8) is 0 Å². The van der Waals surface area contributed by atoms with Crippen LogP contribution in [0.2, 0.25) is 0 Å². The highest BCUT2D eigenvalue weighted by atomic mass is 32.2. The third kappa shape index (κ3) is 5.38. The second-order valence-electron chi connectivity index (χ2n) is 4.16. The fourth-order valence-electron chi connectivity index (χ4n) is 1.48. The first-order valence-corrected chi connectivity index (χ1v) is 7.57. The number of primary amides is 1. The second kappa shape index (κ2) is 7.02. The summed E-state index contributed by atoms with van der Waals surface area (Å²) in [6.07, 6.45) is -0.0413. The van der Waals surface area contributed by atoms with E-state index in [2.05, 4.69) is 4.74 Å². The van der Waals surface area contributed by atoms with Gasteiger partial charge in [-0.15, -0.1) is 0 Å². The van der Waals surface area contributed by atoms with Crippen LogP contribution in [0.25, 0.3) is 0 Å². The molecule has 116 valence electrons. The number of anilines is 1. The quantitative estimate of drug-likeness (QED) is 0.715. The molecule has 0 aromatic heterocycles. The van der Waals surface area contributed by atoms with Crippen molar-refractivity contribution in [1.29, 1.82) is 0 Å². The number of amides is 1. The zero-order chi connectivity index (χ0) is 16.0. The van der Waals surface area contributed by atoms with Gasteiger partial charge in [0, 0.05) is 12.0 Å². The number of esters is 1. The van der Waals surface area contributed by atoms with Crippen molar-refractivity contribution < 1.29 is 27.1 Å². The van der Waals surface area contributed by atoms with Gasteiger partial charge in [0.2, 0.25) is 15.9 Å². The molecule has 0 aliphatic heterocycles. The van der Waals surface area contributed by atoms with Gasteiger partial charge < -0.3 is 10.5 Å². The fourth-order valence-corrected chi connectivity index (χ4v) is 2.60. The highest BCUT2D eigenvalue weighted by Crippen LogP contribution is 2.18. The van der Waals surface area contributed by atoms with E-state index in [-0.39, 0.29) is 29.8 Å². The first-order chi connectivity index (χ1) is 9.75. The SMILES string of the molecule is COC(=O)CCCS(=O)(=O)Nc1cc(C(N)=O)ccc1F. The lowest BCUT2D eigenvalue weighted by Gasteiger charge is -2.09. The minimum absolute atomic E-state index is 0.0244.